The molecule has 1 saturated heterocycles. The second-order valence-corrected chi connectivity index (χ2v) is 5.50. The molecule has 1 aromatic heterocycles. The maximum Gasteiger partial charge on any atom is 0.317 e. The summed E-state index contributed by atoms with van der Waals surface area (Å²) in [5.41, 5.74) is 1.61. The topological polar surface area (TPSA) is 54.5 Å². The van der Waals surface area contributed by atoms with E-state index >= 15 is 0 Å². The van der Waals surface area contributed by atoms with Gasteiger partial charge < -0.3 is 15.0 Å². The predicted octanol–water partition coefficient (Wildman–Crippen LogP) is 2.10. The normalized spacial score (nSPS) is 22.6. The van der Waals surface area contributed by atoms with Crippen molar-refractivity contribution >= 4 is 6.03 Å². The van der Waals surface area contributed by atoms with E-state index in [0.717, 1.165) is 17.8 Å². The van der Waals surface area contributed by atoms with E-state index in [9.17, 15) is 4.79 Å². The number of aryl methyl sites for hydroxylation is 1. The van der Waals surface area contributed by atoms with E-state index in [0.29, 0.717) is 26.2 Å². The van der Waals surface area contributed by atoms with Crippen molar-refractivity contribution in [3.8, 4) is 0 Å². The Morgan fingerprint density at radius 3 is 3.05 bits per heavy atom. The van der Waals surface area contributed by atoms with Crippen molar-refractivity contribution < 1.29 is 9.53 Å². The Labute approximate surface area is 120 Å². The van der Waals surface area contributed by atoms with Gasteiger partial charge in [0.15, 0.2) is 0 Å². The zero-order valence-corrected chi connectivity index (χ0v) is 12.5. The lowest BCUT2D eigenvalue weighted by Gasteiger charge is -2.39. The molecule has 110 valence electrons. The molecule has 0 bridgehead atoms. The van der Waals surface area contributed by atoms with Gasteiger partial charge in [0.2, 0.25) is 0 Å². The number of hydrogen-bond acceptors (Lipinski definition) is 3. The number of carbonyl (C=O) groups excluding carboxylic acids is 1. The van der Waals surface area contributed by atoms with E-state index in [1.54, 1.807) is 0 Å². The van der Waals surface area contributed by atoms with E-state index in [1.165, 1.54) is 0 Å². The third-order valence-electron chi connectivity index (χ3n) is 3.74. The quantitative estimate of drug-likeness (QED) is 0.920. The summed E-state index contributed by atoms with van der Waals surface area (Å²) in [5, 5.41) is 2.93. The minimum absolute atomic E-state index is 0.0451. The van der Waals surface area contributed by atoms with Crippen molar-refractivity contribution in [3.05, 3.63) is 29.6 Å². The van der Waals surface area contributed by atoms with E-state index in [4.69, 9.17) is 4.74 Å². The van der Waals surface area contributed by atoms with Crippen LogP contribution in [-0.4, -0.2) is 41.2 Å². The lowest BCUT2D eigenvalue weighted by molar-refractivity contribution is -0.0872. The molecule has 20 heavy (non-hydrogen) atoms. The Bertz CT molecular complexity index is 478. The first-order chi connectivity index (χ1) is 9.52. The molecule has 1 aromatic rings. The fourth-order valence-electron chi connectivity index (χ4n) is 2.29. The van der Waals surface area contributed by atoms with Gasteiger partial charge in [0.1, 0.15) is 0 Å². The molecule has 2 rings (SSSR count). The van der Waals surface area contributed by atoms with Crippen LogP contribution in [0.4, 0.5) is 4.79 Å². The van der Waals surface area contributed by atoms with Gasteiger partial charge in [0.25, 0.3) is 0 Å². The number of carbonyl (C=O) groups is 1. The molecule has 1 fully saturated rings. The number of amides is 2. The first-order valence-electron chi connectivity index (χ1n) is 7.12. The monoisotopic (exact) mass is 277 g/mol. The average molecular weight is 277 g/mol. The molecule has 0 aliphatic carbocycles. The van der Waals surface area contributed by atoms with Crippen LogP contribution in [0.5, 0.6) is 0 Å². The summed E-state index contributed by atoms with van der Waals surface area (Å²) in [5.74, 6) is 0. The standard InChI is InChI=1S/C15H23N3O2/c1-4-15(3)11-18(8-9-20-15)14(19)16-10-13-7-5-6-12(2)17-13/h5-7H,4,8-11H2,1-3H3,(H,16,19). The van der Waals surface area contributed by atoms with E-state index in [1.807, 2.05) is 30.0 Å². The predicted molar refractivity (Wildman–Crippen MR) is 77.4 cm³/mol. The molecule has 0 radical (unpaired) electrons. The molecule has 1 N–H and O–H groups in total. The molecule has 1 aliphatic heterocycles. The first kappa shape index (κ1) is 14.8. The van der Waals surface area contributed by atoms with Gasteiger partial charge in [-0.1, -0.05) is 13.0 Å². The Hall–Kier alpha value is -1.62. The number of morpholine rings is 1. The maximum atomic E-state index is 12.2. The molecule has 1 aliphatic rings. The van der Waals surface area contributed by atoms with Crippen molar-refractivity contribution in [1.29, 1.82) is 0 Å². The van der Waals surface area contributed by atoms with Crippen LogP contribution >= 0.6 is 0 Å². The highest BCUT2D eigenvalue weighted by atomic mass is 16.5. The number of ether oxygens (including phenoxy) is 1. The number of pyridine rings is 1. The molecule has 1 atom stereocenters. The summed E-state index contributed by atoms with van der Waals surface area (Å²) < 4.78 is 5.74. The molecule has 1 unspecified atom stereocenters. The molecular weight excluding hydrogens is 254 g/mol. The minimum Gasteiger partial charge on any atom is -0.372 e. The molecule has 0 aromatic carbocycles. The molecule has 5 nitrogen and oxygen atoms in total. The summed E-state index contributed by atoms with van der Waals surface area (Å²) in [6, 6.07) is 5.77. The van der Waals surface area contributed by atoms with Crippen molar-refractivity contribution in [1.82, 2.24) is 15.2 Å². The highest BCUT2D eigenvalue weighted by Gasteiger charge is 2.32. The lowest BCUT2D eigenvalue weighted by atomic mass is 10.0. The van der Waals surface area contributed by atoms with Gasteiger partial charge in [-0.2, -0.15) is 0 Å². The van der Waals surface area contributed by atoms with E-state index in [-0.39, 0.29) is 11.6 Å². The van der Waals surface area contributed by atoms with Crippen LogP contribution < -0.4 is 5.32 Å². The van der Waals surface area contributed by atoms with Gasteiger partial charge in [0.05, 0.1) is 31.0 Å². The Morgan fingerprint density at radius 2 is 2.35 bits per heavy atom. The van der Waals surface area contributed by atoms with Gasteiger partial charge in [-0.25, -0.2) is 4.79 Å². The molecule has 0 spiro atoms. The summed E-state index contributed by atoms with van der Waals surface area (Å²) in [4.78, 5) is 18.4. The van der Waals surface area contributed by atoms with Crippen molar-refractivity contribution in [3.63, 3.8) is 0 Å². The van der Waals surface area contributed by atoms with Gasteiger partial charge in [-0.3, -0.25) is 4.98 Å². The van der Waals surface area contributed by atoms with Crippen LogP contribution in [0.2, 0.25) is 0 Å². The van der Waals surface area contributed by atoms with Crippen molar-refractivity contribution in [2.45, 2.75) is 39.3 Å². The van der Waals surface area contributed by atoms with Crippen LogP contribution in [0.3, 0.4) is 0 Å². The maximum absolute atomic E-state index is 12.2. The van der Waals surface area contributed by atoms with E-state index < -0.39 is 0 Å². The highest BCUT2D eigenvalue weighted by molar-refractivity contribution is 5.74. The minimum atomic E-state index is -0.225. The van der Waals surface area contributed by atoms with Gasteiger partial charge in [-0.15, -0.1) is 0 Å². The SMILES string of the molecule is CCC1(C)CN(C(=O)NCc2cccc(C)n2)CCO1. The molecular formula is C15H23N3O2. The van der Waals surface area contributed by atoms with Gasteiger partial charge in [0, 0.05) is 12.2 Å². The fourth-order valence-corrected chi connectivity index (χ4v) is 2.29. The van der Waals surface area contributed by atoms with Crippen molar-refractivity contribution in [2.24, 2.45) is 0 Å². The largest absolute Gasteiger partial charge is 0.372 e. The van der Waals surface area contributed by atoms with Crippen LogP contribution in [0.1, 0.15) is 31.7 Å². The molecule has 0 saturated carbocycles. The zero-order chi connectivity index (χ0) is 14.6. The summed E-state index contributed by atoms with van der Waals surface area (Å²) in [6.07, 6.45) is 0.899. The van der Waals surface area contributed by atoms with Crippen LogP contribution in [0, 0.1) is 6.92 Å². The second-order valence-electron chi connectivity index (χ2n) is 5.50. The smallest absolute Gasteiger partial charge is 0.317 e. The summed E-state index contributed by atoms with van der Waals surface area (Å²) in [6.45, 7) is 8.41. The molecule has 2 amide bonds. The van der Waals surface area contributed by atoms with Gasteiger partial charge >= 0.3 is 6.03 Å². The second kappa shape index (κ2) is 6.22. The number of hydrogen-bond donors (Lipinski definition) is 1. The summed E-state index contributed by atoms with van der Waals surface area (Å²) >= 11 is 0. The number of nitrogens with zero attached hydrogens (tertiary/aromatic N) is 2. The number of rotatable bonds is 3. The van der Waals surface area contributed by atoms with Gasteiger partial charge in [-0.05, 0) is 32.4 Å². The highest BCUT2D eigenvalue weighted by Crippen LogP contribution is 2.20. The number of nitrogens with one attached hydrogen (secondary N) is 1. The first-order valence-corrected chi connectivity index (χ1v) is 7.12. The van der Waals surface area contributed by atoms with Crippen LogP contribution in [0.25, 0.3) is 0 Å². The summed E-state index contributed by atoms with van der Waals surface area (Å²) in [7, 11) is 0. The van der Waals surface area contributed by atoms with Crippen LogP contribution in [-0.2, 0) is 11.3 Å². The number of urea groups is 1. The van der Waals surface area contributed by atoms with Crippen LogP contribution in [0.15, 0.2) is 18.2 Å². The lowest BCUT2D eigenvalue weighted by Crippen LogP contribution is -2.54. The average Bonchev–Trinajstić information content (AvgIpc) is 2.45. The zero-order valence-electron chi connectivity index (χ0n) is 12.5. The molecule has 5 heteroatoms. The van der Waals surface area contributed by atoms with Crippen molar-refractivity contribution in [2.75, 3.05) is 19.7 Å². The Kier molecular flexibility index (Phi) is 4.60. The third kappa shape index (κ3) is 3.70. The Balaban J connectivity index is 1.88. The fraction of sp³-hybridized carbons (Fsp3) is 0.600. The number of aromatic nitrogens is 1. The third-order valence-corrected chi connectivity index (χ3v) is 3.74. The molecule has 2 heterocycles. The Morgan fingerprint density at radius 1 is 1.55 bits per heavy atom. The van der Waals surface area contributed by atoms with E-state index in [2.05, 4.69) is 24.1 Å².